The van der Waals surface area contributed by atoms with E-state index in [1.807, 2.05) is 0 Å². The van der Waals surface area contributed by atoms with E-state index in [-0.39, 0.29) is 24.7 Å². The van der Waals surface area contributed by atoms with Crippen LogP contribution in [0.2, 0.25) is 0 Å². The number of pyridine rings is 1. The van der Waals surface area contributed by atoms with Crippen LogP contribution >= 0.6 is 0 Å². The Kier molecular flexibility index (Phi) is 5.26. The topological polar surface area (TPSA) is 57.7 Å². The van der Waals surface area contributed by atoms with Crippen molar-refractivity contribution in [2.75, 3.05) is 20.3 Å². The van der Waals surface area contributed by atoms with Crippen molar-refractivity contribution in [3.05, 3.63) is 65.9 Å². The number of carbonyl (C=O) groups excluding carboxylic acids is 1. The predicted octanol–water partition coefficient (Wildman–Crippen LogP) is 3.76. The molecule has 0 amide bonds. The van der Waals surface area contributed by atoms with Gasteiger partial charge in [-0.2, -0.15) is 0 Å². The van der Waals surface area contributed by atoms with Crippen LogP contribution < -0.4 is 9.47 Å². The first kappa shape index (κ1) is 17.6. The summed E-state index contributed by atoms with van der Waals surface area (Å²) in [5.74, 6) is -0.836. The van der Waals surface area contributed by atoms with Gasteiger partial charge in [0.1, 0.15) is 36.3 Å². The summed E-state index contributed by atoms with van der Waals surface area (Å²) in [6.45, 7) is 0.239. The van der Waals surface area contributed by atoms with E-state index < -0.39 is 17.6 Å². The fraction of sp³-hybridized carbons (Fsp3) is 0.158. The van der Waals surface area contributed by atoms with Crippen LogP contribution in [0, 0.1) is 11.6 Å². The van der Waals surface area contributed by atoms with Gasteiger partial charge in [0.15, 0.2) is 5.69 Å². The highest BCUT2D eigenvalue weighted by Crippen LogP contribution is 2.27. The zero-order chi connectivity index (χ0) is 18.5. The molecular weight excluding hydrogens is 344 g/mol. The first-order chi connectivity index (χ1) is 12.6. The molecule has 0 unspecified atom stereocenters. The van der Waals surface area contributed by atoms with Crippen molar-refractivity contribution >= 4 is 16.9 Å². The molecule has 0 saturated heterocycles. The van der Waals surface area contributed by atoms with Gasteiger partial charge < -0.3 is 14.2 Å². The van der Waals surface area contributed by atoms with Gasteiger partial charge in [0.25, 0.3) is 0 Å². The molecule has 0 saturated carbocycles. The van der Waals surface area contributed by atoms with Crippen LogP contribution in [0.5, 0.6) is 11.5 Å². The van der Waals surface area contributed by atoms with Gasteiger partial charge in [-0.15, -0.1) is 0 Å². The molecule has 0 N–H and O–H groups in total. The van der Waals surface area contributed by atoms with Gasteiger partial charge in [-0.1, -0.05) is 6.07 Å². The minimum Gasteiger partial charge on any atom is -0.490 e. The Hall–Kier alpha value is -3.22. The van der Waals surface area contributed by atoms with E-state index in [0.29, 0.717) is 16.7 Å². The van der Waals surface area contributed by atoms with Crippen LogP contribution in [0.1, 0.15) is 10.5 Å². The molecule has 0 bridgehead atoms. The fourth-order valence-corrected chi connectivity index (χ4v) is 2.36. The third kappa shape index (κ3) is 4.05. The van der Waals surface area contributed by atoms with Crippen LogP contribution in [0.3, 0.4) is 0 Å². The lowest BCUT2D eigenvalue weighted by Crippen LogP contribution is -2.11. The molecule has 26 heavy (non-hydrogen) atoms. The van der Waals surface area contributed by atoms with E-state index in [9.17, 15) is 13.6 Å². The Labute approximate surface area is 148 Å². The number of esters is 1. The number of fused-ring (bicyclic) bond motifs is 1. The van der Waals surface area contributed by atoms with Gasteiger partial charge >= 0.3 is 5.97 Å². The van der Waals surface area contributed by atoms with Gasteiger partial charge in [0.2, 0.25) is 0 Å². The summed E-state index contributed by atoms with van der Waals surface area (Å²) in [6.07, 6.45) is 0. The Balaban J connectivity index is 1.77. The van der Waals surface area contributed by atoms with E-state index in [2.05, 4.69) is 9.72 Å². The molecule has 3 rings (SSSR count). The molecule has 0 fully saturated rings. The second-order valence-electron chi connectivity index (χ2n) is 5.31. The van der Waals surface area contributed by atoms with E-state index in [0.717, 1.165) is 0 Å². The van der Waals surface area contributed by atoms with Gasteiger partial charge in [-0.25, -0.2) is 18.6 Å². The van der Waals surface area contributed by atoms with E-state index in [1.165, 1.54) is 49.6 Å². The molecule has 5 nitrogen and oxygen atoms in total. The molecule has 1 heterocycles. The summed E-state index contributed by atoms with van der Waals surface area (Å²) >= 11 is 0. The summed E-state index contributed by atoms with van der Waals surface area (Å²) in [6, 6.07) is 11.1. The van der Waals surface area contributed by atoms with E-state index in [4.69, 9.17) is 9.47 Å². The molecular formula is C19H15F2NO4. The SMILES string of the molecule is COC(=O)c1cc(OCCOc2cccc(F)c2)c2cc(F)ccc2n1. The van der Waals surface area contributed by atoms with Crippen LogP contribution in [0.25, 0.3) is 10.9 Å². The third-order valence-corrected chi connectivity index (χ3v) is 3.53. The van der Waals surface area contributed by atoms with Crippen LogP contribution in [-0.4, -0.2) is 31.3 Å². The smallest absolute Gasteiger partial charge is 0.356 e. The van der Waals surface area contributed by atoms with Crippen molar-refractivity contribution in [1.29, 1.82) is 0 Å². The number of nitrogens with zero attached hydrogens (tertiary/aromatic N) is 1. The Morgan fingerprint density at radius 2 is 1.77 bits per heavy atom. The highest BCUT2D eigenvalue weighted by molar-refractivity contribution is 5.94. The number of halogens is 2. The van der Waals surface area contributed by atoms with Crippen LogP contribution in [-0.2, 0) is 4.74 Å². The van der Waals surface area contributed by atoms with Crippen LogP contribution in [0.4, 0.5) is 8.78 Å². The van der Waals surface area contributed by atoms with Crippen molar-refractivity contribution in [3.63, 3.8) is 0 Å². The average Bonchev–Trinajstić information content (AvgIpc) is 2.64. The third-order valence-electron chi connectivity index (χ3n) is 3.53. The Bertz CT molecular complexity index is 946. The molecule has 1 aromatic heterocycles. The number of ether oxygens (including phenoxy) is 3. The number of rotatable bonds is 6. The minimum atomic E-state index is -0.628. The van der Waals surface area contributed by atoms with Gasteiger partial charge in [0.05, 0.1) is 12.6 Å². The standard InChI is InChI=1S/C19H15F2NO4/c1-24-19(23)17-11-18(15-10-13(21)5-6-16(15)22-17)26-8-7-25-14-4-2-3-12(20)9-14/h2-6,9-11H,7-8H2,1H3. The molecule has 2 aromatic carbocycles. The van der Waals surface area contributed by atoms with Crippen molar-refractivity contribution in [3.8, 4) is 11.5 Å². The second-order valence-corrected chi connectivity index (χ2v) is 5.31. The fourth-order valence-electron chi connectivity index (χ4n) is 2.36. The maximum Gasteiger partial charge on any atom is 0.356 e. The maximum atomic E-state index is 13.6. The number of benzene rings is 2. The van der Waals surface area contributed by atoms with E-state index >= 15 is 0 Å². The molecule has 134 valence electrons. The molecule has 0 radical (unpaired) electrons. The highest BCUT2D eigenvalue weighted by Gasteiger charge is 2.14. The molecule has 7 heteroatoms. The number of hydrogen-bond acceptors (Lipinski definition) is 5. The first-order valence-corrected chi connectivity index (χ1v) is 7.76. The first-order valence-electron chi connectivity index (χ1n) is 7.76. The minimum absolute atomic E-state index is 0.0488. The number of aromatic nitrogens is 1. The monoisotopic (exact) mass is 359 g/mol. The predicted molar refractivity (Wildman–Crippen MR) is 90.4 cm³/mol. The Morgan fingerprint density at radius 1 is 1.00 bits per heavy atom. The summed E-state index contributed by atoms with van der Waals surface area (Å²) in [7, 11) is 1.24. The summed E-state index contributed by atoms with van der Waals surface area (Å²) < 4.78 is 42.4. The molecule has 0 aliphatic carbocycles. The molecule has 0 spiro atoms. The lowest BCUT2D eigenvalue weighted by Gasteiger charge is -2.12. The summed E-state index contributed by atoms with van der Waals surface area (Å²) in [5, 5.41) is 0.420. The van der Waals surface area contributed by atoms with Gasteiger partial charge in [-0.3, -0.25) is 0 Å². The summed E-state index contributed by atoms with van der Waals surface area (Å²) in [4.78, 5) is 15.9. The maximum absolute atomic E-state index is 13.6. The average molecular weight is 359 g/mol. The molecule has 3 aromatic rings. The zero-order valence-corrected chi connectivity index (χ0v) is 13.9. The largest absolute Gasteiger partial charge is 0.490 e. The van der Waals surface area contributed by atoms with Crippen molar-refractivity contribution in [1.82, 2.24) is 4.98 Å². The van der Waals surface area contributed by atoms with Crippen molar-refractivity contribution in [2.24, 2.45) is 0 Å². The van der Waals surface area contributed by atoms with Gasteiger partial charge in [-0.05, 0) is 30.3 Å². The lowest BCUT2D eigenvalue weighted by molar-refractivity contribution is 0.0594. The van der Waals surface area contributed by atoms with Gasteiger partial charge in [0, 0.05) is 17.5 Å². The van der Waals surface area contributed by atoms with E-state index in [1.54, 1.807) is 6.07 Å². The quantitative estimate of drug-likeness (QED) is 0.495. The zero-order valence-electron chi connectivity index (χ0n) is 13.9. The second kappa shape index (κ2) is 7.77. The summed E-state index contributed by atoms with van der Waals surface area (Å²) in [5.41, 5.74) is 0.447. The number of carbonyl (C=O) groups is 1. The number of hydrogen-bond donors (Lipinski definition) is 0. The molecule has 0 aliphatic rings. The van der Waals surface area contributed by atoms with Crippen molar-refractivity contribution in [2.45, 2.75) is 0 Å². The Morgan fingerprint density at radius 3 is 2.54 bits per heavy atom. The highest BCUT2D eigenvalue weighted by atomic mass is 19.1. The number of methoxy groups -OCH3 is 1. The molecule has 0 atom stereocenters. The molecule has 0 aliphatic heterocycles. The van der Waals surface area contributed by atoms with Crippen LogP contribution in [0.15, 0.2) is 48.5 Å². The van der Waals surface area contributed by atoms with Crippen molar-refractivity contribution < 1.29 is 27.8 Å². The lowest BCUT2D eigenvalue weighted by atomic mass is 10.1. The normalized spacial score (nSPS) is 10.6.